The number of carbonyl (C=O) groups is 1. The molecule has 0 saturated heterocycles. The predicted molar refractivity (Wildman–Crippen MR) is 140 cm³/mol. The van der Waals surface area contributed by atoms with E-state index in [4.69, 9.17) is 18.9 Å². The molecule has 8 heteroatoms. The third-order valence-electron chi connectivity index (χ3n) is 6.61. The van der Waals surface area contributed by atoms with Crippen molar-refractivity contribution >= 4 is 11.6 Å². The number of aromatic hydroxyl groups is 1. The Morgan fingerprint density at radius 1 is 0.972 bits per heavy atom. The first-order valence-corrected chi connectivity index (χ1v) is 12.1. The van der Waals surface area contributed by atoms with Crippen molar-refractivity contribution in [2.24, 2.45) is 5.92 Å². The molecule has 200 valence electrons. The molecule has 36 heavy (non-hydrogen) atoms. The van der Waals surface area contributed by atoms with E-state index in [2.05, 4.69) is 5.32 Å². The number of methoxy groups -OCH3 is 4. The average molecular weight is 504 g/mol. The molecule has 0 spiro atoms. The molecule has 0 aliphatic carbocycles. The van der Waals surface area contributed by atoms with Crippen LogP contribution in [0.3, 0.4) is 0 Å². The van der Waals surface area contributed by atoms with E-state index in [1.807, 2.05) is 19.9 Å². The first-order chi connectivity index (χ1) is 17.1. The van der Waals surface area contributed by atoms with Crippen LogP contribution in [-0.4, -0.2) is 69.0 Å². The summed E-state index contributed by atoms with van der Waals surface area (Å²) in [7, 11) is 6.43. The molecule has 2 bridgehead atoms. The number of hydrogen-bond acceptors (Lipinski definition) is 7. The highest BCUT2D eigenvalue weighted by Crippen LogP contribution is 2.31. The molecule has 1 aromatic carbocycles. The lowest BCUT2D eigenvalue weighted by Crippen LogP contribution is -2.36. The van der Waals surface area contributed by atoms with Crippen molar-refractivity contribution in [2.75, 3.05) is 33.8 Å². The molecule has 0 saturated carbocycles. The average Bonchev–Trinajstić information content (AvgIpc) is 2.84. The Morgan fingerprint density at radius 2 is 1.69 bits per heavy atom. The van der Waals surface area contributed by atoms with Crippen LogP contribution in [0.4, 0.5) is 5.69 Å². The van der Waals surface area contributed by atoms with E-state index in [1.165, 1.54) is 13.2 Å². The summed E-state index contributed by atoms with van der Waals surface area (Å²) in [6, 6.07) is 4.92. The minimum atomic E-state index is -0.876. The van der Waals surface area contributed by atoms with Gasteiger partial charge in [-0.2, -0.15) is 0 Å². The van der Waals surface area contributed by atoms with Crippen LogP contribution >= 0.6 is 0 Å². The van der Waals surface area contributed by atoms with Crippen LogP contribution < -0.4 is 5.32 Å². The summed E-state index contributed by atoms with van der Waals surface area (Å²) in [5, 5.41) is 24.0. The third kappa shape index (κ3) is 8.01. The number of benzene rings is 1. The van der Waals surface area contributed by atoms with Crippen LogP contribution in [-0.2, 0) is 23.7 Å². The monoisotopic (exact) mass is 503 g/mol. The Kier molecular flexibility index (Phi) is 11.8. The maximum Gasteiger partial charge on any atom is 0.251 e. The number of hydrogen-bond donors (Lipinski definition) is 3. The highest BCUT2D eigenvalue weighted by atomic mass is 16.5. The number of nitrogens with one attached hydrogen (secondary N) is 1. The topological polar surface area (TPSA) is 106 Å². The number of ether oxygens (including phenoxy) is 4. The highest BCUT2D eigenvalue weighted by molar-refractivity contribution is 6.03. The van der Waals surface area contributed by atoms with Gasteiger partial charge in [0.15, 0.2) is 0 Å². The Hall–Kier alpha value is -2.49. The summed E-state index contributed by atoms with van der Waals surface area (Å²) >= 11 is 0. The number of carbonyl (C=O) groups excluding carboxylic acids is 1. The zero-order chi connectivity index (χ0) is 26.8. The van der Waals surface area contributed by atoms with Crippen LogP contribution in [0.25, 0.3) is 0 Å². The number of phenolic OH excluding ortho intramolecular Hbond substituents is 1. The molecule has 0 unspecified atom stereocenters. The third-order valence-corrected chi connectivity index (χ3v) is 6.61. The number of aliphatic hydroxyl groups excluding tert-OH is 1. The molecular formula is C28H41NO7. The normalized spacial score (nSPS) is 32.6. The minimum Gasteiger partial charge on any atom is -0.508 e. The lowest BCUT2D eigenvalue weighted by atomic mass is 9.91. The van der Waals surface area contributed by atoms with Crippen molar-refractivity contribution in [1.29, 1.82) is 0 Å². The van der Waals surface area contributed by atoms with Crippen molar-refractivity contribution in [3.8, 4) is 5.75 Å². The Morgan fingerprint density at radius 3 is 2.31 bits per heavy atom. The molecule has 1 aliphatic rings. The van der Waals surface area contributed by atoms with Crippen molar-refractivity contribution in [3.05, 3.63) is 59.2 Å². The molecule has 1 aromatic rings. The van der Waals surface area contributed by atoms with E-state index in [0.29, 0.717) is 24.1 Å². The van der Waals surface area contributed by atoms with Gasteiger partial charge in [-0.3, -0.25) is 4.79 Å². The fraction of sp³-hybridized carbons (Fsp3) is 0.536. The molecule has 1 amide bonds. The van der Waals surface area contributed by atoms with E-state index in [9.17, 15) is 15.0 Å². The van der Waals surface area contributed by atoms with Gasteiger partial charge in [0, 0.05) is 51.7 Å². The molecule has 1 heterocycles. The summed E-state index contributed by atoms with van der Waals surface area (Å²) in [5.74, 6) is -0.345. The standard InChI is InChI=1S/C28H41NO7/c1-17-9-8-10-24(34-5)26(31)18(2)13-19(3)27(36-7)25(35-6)12-11-23(33-4)20-14-21(29-28(17)32)16-22(30)15-20/h8-10,13-16,19,23-27,30-31H,11-12H2,1-7H3,(H,29,32)/b10-8+,17-9+,18-13+/t19-,23+,24-,25-,26-,27+/m0/s1. The van der Waals surface area contributed by atoms with E-state index < -0.39 is 12.2 Å². The number of fused-ring (bicyclic) bond motifs is 2. The van der Waals surface area contributed by atoms with Gasteiger partial charge in [0.2, 0.25) is 0 Å². The largest absolute Gasteiger partial charge is 0.508 e. The van der Waals surface area contributed by atoms with Gasteiger partial charge in [-0.1, -0.05) is 31.2 Å². The van der Waals surface area contributed by atoms with Crippen molar-refractivity contribution in [2.45, 2.75) is 64.1 Å². The second-order valence-corrected chi connectivity index (χ2v) is 9.19. The van der Waals surface area contributed by atoms with Crippen LogP contribution in [0, 0.1) is 5.92 Å². The molecule has 0 radical (unpaired) electrons. The Bertz CT molecular complexity index is 955. The van der Waals surface area contributed by atoms with Gasteiger partial charge in [-0.15, -0.1) is 0 Å². The van der Waals surface area contributed by atoms with Crippen LogP contribution in [0.15, 0.2) is 53.6 Å². The van der Waals surface area contributed by atoms with Gasteiger partial charge >= 0.3 is 0 Å². The first-order valence-electron chi connectivity index (χ1n) is 12.1. The Labute approximate surface area is 214 Å². The Balaban J connectivity index is 2.52. The van der Waals surface area contributed by atoms with Gasteiger partial charge in [0.05, 0.1) is 18.3 Å². The number of aliphatic hydroxyl groups is 1. The van der Waals surface area contributed by atoms with Crippen LogP contribution in [0.1, 0.15) is 45.3 Å². The molecule has 0 fully saturated rings. The van der Waals surface area contributed by atoms with Gasteiger partial charge in [0.1, 0.15) is 18.0 Å². The molecule has 6 atom stereocenters. The van der Waals surface area contributed by atoms with Crippen molar-refractivity contribution < 1.29 is 34.0 Å². The fourth-order valence-corrected chi connectivity index (χ4v) is 4.54. The molecule has 3 N–H and O–H groups in total. The summed E-state index contributed by atoms with van der Waals surface area (Å²) in [4.78, 5) is 12.7. The number of anilines is 1. The minimum absolute atomic E-state index is 0.0292. The van der Waals surface area contributed by atoms with Gasteiger partial charge in [-0.25, -0.2) is 0 Å². The number of rotatable bonds is 4. The lowest BCUT2D eigenvalue weighted by Gasteiger charge is -2.30. The zero-order valence-corrected chi connectivity index (χ0v) is 22.4. The smallest absolute Gasteiger partial charge is 0.251 e. The van der Waals surface area contributed by atoms with Crippen molar-refractivity contribution in [1.82, 2.24) is 0 Å². The number of allylic oxidation sites excluding steroid dienone is 2. The number of phenols is 1. The zero-order valence-electron chi connectivity index (χ0n) is 22.4. The van der Waals surface area contributed by atoms with Gasteiger partial charge in [0.25, 0.3) is 5.91 Å². The van der Waals surface area contributed by atoms with E-state index in [1.54, 1.807) is 58.6 Å². The summed E-state index contributed by atoms with van der Waals surface area (Å²) in [6.07, 6.45) is 5.92. The molecule has 1 aliphatic heterocycles. The summed E-state index contributed by atoms with van der Waals surface area (Å²) in [6.45, 7) is 5.56. The van der Waals surface area contributed by atoms with Crippen LogP contribution in [0.2, 0.25) is 0 Å². The van der Waals surface area contributed by atoms with Gasteiger partial charge < -0.3 is 34.5 Å². The second-order valence-electron chi connectivity index (χ2n) is 9.19. The molecule has 0 aromatic heterocycles. The summed E-state index contributed by atoms with van der Waals surface area (Å²) < 4.78 is 22.8. The van der Waals surface area contributed by atoms with Gasteiger partial charge in [-0.05, 0) is 50.0 Å². The quantitative estimate of drug-likeness (QED) is 0.526. The highest BCUT2D eigenvalue weighted by Gasteiger charge is 2.28. The van der Waals surface area contributed by atoms with E-state index in [0.717, 1.165) is 11.1 Å². The fourth-order valence-electron chi connectivity index (χ4n) is 4.54. The lowest BCUT2D eigenvalue weighted by molar-refractivity contribution is -0.112. The maximum atomic E-state index is 12.7. The number of amides is 1. The molecular weight excluding hydrogens is 462 g/mol. The second kappa shape index (κ2) is 14.3. The van der Waals surface area contributed by atoms with Crippen LogP contribution in [0.5, 0.6) is 5.75 Å². The SMILES string of the molecule is CO[C@H]1[C@@H](OC)CC[C@@H](OC)c2cc(O)cc(c2)NC(=O)/C(C)=C/C=C/[C@H](OC)[C@@H](O)/C(C)=C/[C@@H]1C. The van der Waals surface area contributed by atoms with E-state index >= 15 is 0 Å². The maximum absolute atomic E-state index is 12.7. The predicted octanol–water partition coefficient (Wildman–Crippen LogP) is 4.30. The molecule has 8 nitrogen and oxygen atoms in total. The molecule has 2 rings (SSSR count). The van der Waals surface area contributed by atoms with E-state index in [-0.39, 0.29) is 35.9 Å². The first kappa shape index (κ1) is 29.7. The van der Waals surface area contributed by atoms with Crippen molar-refractivity contribution in [3.63, 3.8) is 0 Å². The summed E-state index contributed by atoms with van der Waals surface area (Å²) in [5.41, 5.74) is 2.40.